The number of nitrogens with one attached hydrogen (secondary N) is 1. The van der Waals surface area contributed by atoms with Crippen molar-refractivity contribution in [2.75, 3.05) is 6.54 Å². The van der Waals surface area contributed by atoms with Crippen molar-refractivity contribution in [3.63, 3.8) is 0 Å². The molecule has 5 heteroatoms. The van der Waals surface area contributed by atoms with Crippen LogP contribution < -0.4 is 14.8 Å². The Morgan fingerprint density at radius 1 is 0.750 bits per heavy atom. The summed E-state index contributed by atoms with van der Waals surface area (Å²) >= 11 is 0. The molecule has 0 heterocycles. The molecular weight excluding hydrogens is 306 g/mol. The van der Waals surface area contributed by atoms with Gasteiger partial charge in [-0.3, -0.25) is 4.79 Å². The highest BCUT2D eigenvalue weighted by atomic mass is 16.6. The summed E-state index contributed by atoms with van der Waals surface area (Å²) in [5.74, 6) is 0.837. The van der Waals surface area contributed by atoms with Gasteiger partial charge in [0.25, 0.3) is 0 Å². The summed E-state index contributed by atoms with van der Waals surface area (Å²) in [6.45, 7) is 0.513. The predicted molar refractivity (Wildman–Crippen MR) is 91.0 cm³/mol. The van der Waals surface area contributed by atoms with E-state index in [0.29, 0.717) is 24.5 Å². The molecule has 5 nitrogen and oxygen atoms in total. The van der Waals surface area contributed by atoms with Crippen molar-refractivity contribution in [2.24, 2.45) is 0 Å². The van der Waals surface area contributed by atoms with Gasteiger partial charge in [0, 0.05) is 13.0 Å². The number of ether oxygens (including phenoxy) is 2. The van der Waals surface area contributed by atoms with Gasteiger partial charge in [-0.15, -0.1) is 0 Å². The Balaban J connectivity index is 1.50. The average Bonchev–Trinajstić information content (AvgIpc) is 2.60. The monoisotopic (exact) mass is 327 g/mol. The highest BCUT2D eigenvalue weighted by Gasteiger charge is 2.05. The molecule has 0 fully saturated rings. The third-order valence-corrected chi connectivity index (χ3v) is 3.26. The fourth-order valence-electron chi connectivity index (χ4n) is 2.06. The van der Waals surface area contributed by atoms with Gasteiger partial charge >= 0.3 is 12.1 Å². The Bertz CT molecular complexity index is 571. The van der Waals surface area contributed by atoms with Gasteiger partial charge in [-0.1, -0.05) is 42.8 Å². The first-order valence-corrected chi connectivity index (χ1v) is 8.00. The van der Waals surface area contributed by atoms with Gasteiger partial charge in [0.2, 0.25) is 0 Å². The van der Waals surface area contributed by atoms with E-state index in [1.807, 2.05) is 24.3 Å². The van der Waals surface area contributed by atoms with Crippen LogP contribution in [0.3, 0.4) is 0 Å². The highest BCUT2D eigenvalue weighted by molar-refractivity contribution is 5.72. The third kappa shape index (κ3) is 6.96. The van der Waals surface area contributed by atoms with Crippen LogP contribution >= 0.6 is 0 Å². The van der Waals surface area contributed by atoms with Gasteiger partial charge in [-0.05, 0) is 37.1 Å². The Labute approximate surface area is 141 Å². The van der Waals surface area contributed by atoms with Crippen LogP contribution in [0.5, 0.6) is 11.5 Å². The molecule has 1 amide bonds. The smallest absolute Gasteiger partial charge is 0.412 e. The summed E-state index contributed by atoms with van der Waals surface area (Å²) in [4.78, 5) is 23.2. The second kappa shape index (κ2) is 10.0. The minimum absolute atomic E-state index is 0.238. The quantitative estimate of drug-likeness (QED) is 0.453. The van der Waals surface area contributed by atoms with Crippen molar-refractivity contribution in [3.8, 4) is 11.5 Å². The molecular formula is C19H21NO4. The topological polar surface area (TPSA) is 64.6 Å². The van der Waals surface area contributed by atoms with Gasteiger partial charge in [0.15, 0.2) is 0 Å². The van der Waals surface area contributed by atoms with Crippen LogP contribution in [0, 0.1) is 0 Å². The molecule has 1 N–H and O–H groups in total. The molecule has 0 unspecified atom stereocenters. The molecule has 0 radical (unpaired) electrons. The minimum atomic E-state index is -0.468. The molecule has 0 spiro atoms. The molecule has 0 saturated heterocycles. The number of unbranched alkanes of at least 4 members (excludes halogenated alkanes) is 2. The maximum Gasteiger partial charge on any atom is 0.412 e. The van der Waals surface area contributed by atoms with Crippen LogP contribution in [0.1, 0.15) is 25.7 Å². The van der Waals surface area contributed by atoms with Crippen LogP contribution in [0.25, 0.3) is 0 Å². The van der Waals surface area contributed by atoms with Crippen molar-refractivity contribution in [1.82, 2.24) is 5.32 Å². The summed E-state index contributed by atoms with van der Waals surface area (Å²) in [5, 5.41) is 2.68. The van der Waals surface area contributed by atoms with Gasteiger partial charge in [0.05, 0.1) is 0 Å². The standard InChI is InChI=1S/C19H21NO4/c21-18(23-16-10-4-1-5-11-16)14-8-3-9-15-20-19(22)24-17-12-6-2-7-13-17/h1-2,4-7,10-13H,3,8-9,14-15H2,(H,20,22). The highest BCUT2D eigenvalue weighted by Crippen LogP contribution is 2.11. The molecule has 0 aliphatic heterocycles. The SMILES string of the molecule is O=C(CCCCCNC(=O)Oc1ccccc1)Oc1ccccc1. The Morgan fingerprint density at radius 3 is 1.96 bits per heavy atom. The van der Waals surface area contributed by atoms with Gasteiger partial charge in [-0.2, -0.15) is 0 Å². The van der Waals surface area contributed by atoms with E-state index in [9.17, 15) is 9.59 Å². The van der Waals surface area contributed by atoms with E-state index in [2.05, 4.69) is 5.32 Å². The number of hydrogen-bond donors (Lipinski definition) is 1. The Morgan fingerprint density at radius 2 is 1.33 bits per heavy atom. The molecule has 0 aliphatic rings. The van der Waals surface area contributed by atoms with E-state index in [1.165, 1.54) is 0 Å². The summed E-state index contributed by atoms with van der Waals surface area (Å²) in [7, 11) is 0. The zero-order valence-electron chi connectivity index (χ0n) is 13.4. The Kier molecular flexibility index (Phi) is 7.34. The zero-order valence-corrected chi connectivity index (χ0v) is 13.4. The number of carbonyl (C=O) groups excluding carboxylic acids is 2. The number of carbonyl (C=O) groups is 2. The predicted octanol–water partition coefficient (Wildman–Crippen LogP) is 3.94. The van der Waals surface area contributed by atoms with Crippen molar-refractivity contribution < 1.29 is 19.1 Å². The van der Waals surface area contributed by atoms with Crippen LogP contribution in [0.2, 0.25) is 0 Å². The lowest BCUT2D eigenvalue weighted by molar-refractivity contribution is -0.134. The number of benzene rings is 2. The molecule has 24 heavy (non-hydrogen) atoms. The molecule has 2 aromatic carbocycles. The Hall–Kier alpha value is -2.82. The average molecular weight is 327 g/mol. The molecule has 0 atom stereocenters. The number of para-hydroxylation sites is 2. The van der Waals surface area contributed by atoms with E-state index < -0.39 is 6.09 Å². The second-order valence-corrected chi connectivity index (χ2v) is 5.23. The van der Waals surface area contributed by atoms with Crippen molar-refractivity contribution in [1.29, 1.82) is 0 Å². The molecule has 0 aromatic heterocycles. The maximum absolute atomic E-state index is 11.6. The van der Waals surface area contributed by atoms with Crippen molar-refractivity contribution in [3.05, 3.63) is 60.7 Å². The third-order valence-electron chi connectivity index (χ3n) is 3.26. The zero-order chi connectivity index (χ0) is 17.0. The molecule has 0 aliphatic carbocycles. The summed E-state index contributed by atoms with van der Waals surface area (Å²) in [5.41, 5.74) is 0. The summed E-state index contributed by atoms with van der Waals surface area (Å²) in [6.07, 6.45) is 2.23. The van der Waals surface area contributed by atoms with Crippen molar-refractivity contribution in [2.45, 2.75) is 25.7 Å². The van der Waals surface area contributed by atoms with E-state index in [1.54, 1.807) is 36.4 Å². The first-order chi connectivity index (χ1) is 11.7. The summed E-state index contributed by atoms with van der Waals surface area (Å²) < 4.78 is 10.3. The van der Waals surface area contributed by atoms with E-state index in [0.717, 1.165) is 19.3 Å². The molecule has 2 rings (SSSR count). The van der Waals surface area contributed by atoms with E-state index in [-0.39, 0.29) is 5.97 Å². The van der Waals surface area contributed by atoms with E-state index >= 15 is 0 Å². The first kappa shape index (κ1) is 17.5. The molecule has 126 valence electrons. The van der Waals surface area contributed by atoms with E-state index in [4.69, 9.17) is 9.47 Å². The first-order valence-electron chi connectivity index (χ1n) is 8.00. The lowest BCUT2D eigenvalue weighted by atomic mass is 10.2. The fraction of sp³-hybridized carbons (Fsp3) is 0.263. The number of rotatable bonds is 8. The van der Waals surface area contributed by atoms with Crippen LogP contribution in [-0.4, -0.2) is 18.6 Å². The second-order valence-electron chi connectivity index (χ2n) is 5.23. The lowest BCUT2D eigenvalue weighted by Gasteiger charge is -2.06. The van der Waals surface area contributed by atoms with Crippen LogP contribution in [0.15, 0.2) is 60.7 Å². The van der Waals surface area contributed by atoms with Gasteiger partial charge in [-0.25, -0.2) is 4.79 Å². The lowest BCUT2D eigenvalue weighted by Crippen LogP contribution is -2.27. The normalized spacial score (nSPS) is 10.0. The number of hydrogen-bond acceptors (Lipinski definition) is 4. The van der Waals surface area contributed by atoms with Crippen LogP contribution in [-0.2, 0) is 4.79 Å². The fourth-order valence-corrected chi connectivity index (χ4v) is 2.06. The summed E-state index contributed by atoms with van der Waals surface area (Å²) in [6, 6.07) is 17.9. The van der Waals surface area contributed by atoms with Crippen LogP contribution in [0.4, 0.5) is 4.79 Å². The molecule has 2 aromatic rings. The molecule has 0 saturated carbocycles. The minimum Gasteiger partial charge on any atom is -0.427 e. The van der Waals surface area contributed by atoms with Crippen molar-refractivity contribution >= 4 is 12.1 Å². The van der Waals surface area contributed by atoms with Gasteiger partial charge in [0.1, 0.15) is 11.5 Å². The molecule has 0 bridgehead atoms. The number of amides is 1. The maximum atomic E-state index is 11.6. The largest absolute Gasteiger partial charge is 0.427 e. The number of esters is 1. The van der Waals surface area contributed by atoms with Gasteiger partial charge < -0.3 is 14.8 Å².